The molecule has 4 nitrogen and oxygen atoms in total. The van der Waals surface area contributed by atoms with Crippen molar-refractivity contribution in [3.05, 3.63) is 40.7 Å². The van der Waals surface area contributed by atoms with E-state index in [9.17, 15) is 0 Å². The van der Waals surface area contributed by atoms with E-state index in [0.29, 0.717) is 0 Å². The van der Waals surface area contributed by atoms with Gasteiger partial charge in [-0.05, 0) is 38.0 Å². The first kappa shape index (κ1) is 14.6. The number of rotatable bonds is 5. The molecular formula is C15H19ClN4. The fourth-order valence-electron chi connectivity index (χ4n) is 1.79. The predicted octanol–water partition coefficient (Wildman–Crippen LogP) is 4.31. The van der Waals surface area contributed by atoms with E-state index in [1.165, 1.54) is 0 Å². The molecule has 2 aromatic rings. The van der Waals surface area contributed by atoms with Crippen LogP contribution in [0.5, 0.6) is 0 Å². The number of hydrogen-bond donors (Lipinski definition) is 2. The van der Waals surface area contributed by atoms with Crippen molar-refractivity contribution < 1.29 is 0 Å². The van der Waals surface area contributed by atoms with Gasteiger partial charge in [-0.3, -0.25) is 0 Å². The molecule has 0 aliphatic carbocycles. The molecule has 5 heteroatoms. The Morgan fingerprint density at radius 2 is 1.85 bits per heavy atom. The van der Waals surface area contributed by atoms with Crippen LogP contribution in [-0.2, 0) is 0 Å². The smallest absolute Gasteiger partial charge is 0.136 e. The minimum Gasteiger partial charge on any atom is -0.370 e. The highest BCUT2D eigenvalue weighted by molar-refractivity contribution is 6.31. The molecule has 1 aromatic heterocycles. The molecule has 1 heterocycles. The quantitative estimate of drug-likeness (QED) is 0.861. The third-order valence-corrected chi connectivity index (χ3v) is 3.25. The molecule has 0 fully saturated rings. The van der Waals surface area contributed by atoms with Crippen molar-refractivity contribution in [2.45, 2.75) is 27.2 Å². The Labute approximate surface area is 124 Å². The van der Waals surface area contributed by atoms with Crippen LogP contribution < -0.4 is 10.6 Å². The van der Waals surface area contributed by atoms with Gasteiger partial charge in [-0.1, -0.05) is 24.6 Å². The molecule has 2 N–H and O–H groups in total. The molecule has 2 rings (SSSR count). The van der Waals surface area contributed by atoms with E-state index in [-0.39, 0.29) is 0 Å². The van der Waals surface area contributed by atoms with Gasteiger partial charge in [-0.15, -0.1) is 0 Å². The molecule has 0 amide bonds. The van der Waals surface area contributed by atoms with Gasteiger partial charge in [0, 0.05) is 23.3 Å². The summed E-state index contributed by atoms with van der Waals surface area (Å²) in [5.74, 6) is 2.32. The van der Waals surface area contributed by atoms with E-state index in [0.717, 1.165) is 46.7 Å². The fourth-order valence-corrected chi connectivity index (χ4v) is 1.97. The highest BCUT2D eigenvalue weighted by atomic mass is 35.5. The maximum absolute atomic E-state index is 6.13. The van der Waals surface area contributed by atoms with Crippen LogP contribution in [0.3, 0.4) is 0 Å². The van der Waals surface area contributed by atoms with Gasteiger partial charge >= 0.3 is 0 Å². The number of nitrogens with zero attached hydrogens (tertiary/aromatic N) is 2. The lowest BCUT2D eigenvalue weighted by molar-refractivity contribution is 0.955. The fraction of sp³-hybridized carbons (Fsp3) is 0.333. The zero-order chi connectivity index (χ0) is 14.5. The molecule has 0 aliphatic heterocycles. The minimum absolute atomic E-state index is 0.729. The summed E-state index contributed by atoms with van der Waals surface area (Å²) in [7, 11) is 0. The topological polar surface area (TPSA) is 49.8 Å². The number of aromatic nitrogens is 2. The zero-order valence-electron chi connectivity index (χ0n) is 12.0. The van der Waals surface area contributed by atoms with Crippen LogP contribution >= 0.6 is 11.6 Å². The van der Waals surface area contributed by atoms with E-state index >= 15 is 0 Å². The Morgan fingerprint density at radius 1 is 1.10 bits per heavy atom. The summed E-state index contributed by atoms with van der Waals surface area (Å²) in [4.78, 5) is 8.74. The second-order valence-corrected chi connectivity index (χ2v) is 5.11. The highest BCUT2D eigenvalue weighted by Gasteiger charge is 2.03. The van der Waals surface area contributed by atoms with Crippen LogP contribution in [0.1, 0.15) is 24.7 Å². The molecule has 0 spiro atoms. The van der Waals surface area contributed by atoms with Gasteiger partial charge in [0.15, 0.2) is 0 Å². The maximum Gasteiger partial charge on any atom is 0.136 e. The van der Waals surface area contributed by atoms with Crippen molar-refractivity contribution in [2.75, 3.05) is 17.2 Å². The standard InChI is InChI=1S/C15H19ClN4/c1-4-7-17-14-9-15(19-11(3)18-14)20-12-6-5-10(2)13(16)8-12/h5-6,8-9H,4,7H2,1-3H3,(H2,17,18,19,20). The van der Waals surface area contributed by atoms with E-state index in [2.05, 4.69) is 27.5 Å². The number of benzene rings is 1. The molecule has 106 valence electrons. The summed E-state index contributed by atoms with van der Waals surface area (Å²) >= 11 is 6.13. The number of halogens is 1. The SMILES string of the molecule is CCCNc1cc(Nc2ccc(C)c(Cl)c2)nc(C)n1. The molecule has 0 unspecified atom stereocenters. The van der Waals surface area contributed by atoms with Crippen molar-refractivity contribution in [3.63, 3.8) is 0 Å². The lowest BCUT2D eigenvalue weighted by atomic mass is 10.2. The van der Waals surface area contributed by atoms with Crippen molar-refractivity contribution in [2.24, 2.45) is 0 Å². The van der Waals surface area contributed by atoms with Gasteiger partial charge in [0.25, 0.3) is 0 Å². The van der Waals surface area contributed by atoms with Crippen molar-refractivity contribution in [1.29, 1.82) is 0 Å². The first-order valence-corrected chi connectivity index (χ1v) is 7.09. The molecule has 0 bridgehead atoms. The van der Waals surface area contributed by atoms with Crippen LogP contribution in [0.2, 0.25) is 5.02 Å². The molecule has 0 radical (unpaired) electrons. The largest absolute Gasteiger partial charge is 0.370 e. The minimum atomic E-state index is 0.729. The predicted molar refractivity (Wildman–Crippen MR) is 85.0 cm³/mol. The number of hydrogen-bond acceptors (Lipinski definition) is 4. The summed E-state index contributed by atoms with van der Waals surface area (Å²) in [5, 5.41) is 7.26. The third-order valence-electron chi connectivity index (χ3n) is 2.84. The molecule has 0 atom stereocenters. The first-order chi connectivity index (χ1) is 9.58. The van der Waals surface area contributed by atoms with Crippen LogP contribution in [0.25, 0.3) is 0 Å². The Hall–Kier alpha value is -1.81. The van der Waals surface area contributed by atoms with Gasteiger partial charge < -0.3 is 10.6 Å². The maximum atomic E-state index is 6.13. The van der Waals surface area contributed by atoms with E-state index in [1.807, 2.05) is 38.1 Å². The van der Waals surface area contributed by atoms with E-state index in [4.69, 9.17) is 11.6 Å². The van der Waals surface area contributed by atoms with Gasteiger partial charge in [-0.2, -0.15) is 0 Å². The van der Waals surface area contributed by atoms with E-state index < -0.39 is 0 Å². The van der Waals surface area contributed by atoms with Crippen LogP contribution in [0, 0.1) is 13.8 Å². The van der Waals surface area contributed by atoms with Crippen molar-refractivity contribution >= 4 is 28.9 Å². The molecule has 0 saturated carbocycles. The van der Waals surface area contributed by atoms with Gasteiger partial charge in [-0.25, -0.2) is 9.97 Å². The molecule has 0 aliphatic rings. The summed E-state index contributed by atoms with van der Waals surface area (Å²) in [6.45, 7) is 6.87. The van der Waals surface area contributed by atoms with E-state index in [1.54, 1.807) is 0 Å². The summed E-state index contributed by atoms with van der Waals surface area (Å²) in [5.41, 5.74) is 1.97. The van der Waals surface area contributed by atoms with Crippen LogP contribution in [-0.4, -0.2) is 16.5 Å². The van der Waals surface area contributed by atoms with Crippen LogP contribution in [0.4, 0.5) is 17.3 Å². The lowest BCUT2D eigenvalue weighted by Crippen LogP contribution is -2.05. The number of anilines is 3. The number of nitrogens with one attached hydrogen (secondary N) is 2. The normalized spacial score (nSPS) is 10.4. The third kappa shape index (κ3) is 3.84. The van der Waals surface area contributed by atoms with Gasteiger partial charge in [0.05, 0.1) is 0 Å². The summed E-state index contributed by atoms with van der Waals surface area (Å²) in [6.07, 6.45) is 1.05. The lowest BCUT2D eigenvalue weighted by Gasteiger charge is -2.10. The van der Waals surface area contributed by atoms with Crippen molar-refractivity contribution in [1.82, 2.24) is 9.97 Å². The monoisotopic (exact) mass is 290 g/mol. The molecule has 0 saturated heterocycles. The Bertz CT molecular complexity index is 598. The Morgan fingerprint density at radius 3 is 2.55 bits per heavy atom. The average Bonchev–Trinajstić information content (AvgIpc) is 2.40. The highest BCUT2D eigenvalue weighted by Crippen LogP contribution is 2.23. The van der Waals surface area contributed by atoms with Crippen molar-refractivity contribution in [3.8, 4) is 0 Å². The molecular weight excluding hydrogens is 272 g/mol. The zero-order valence-corrected chi connectivity index (χ0v) is 12.8. The summed E-state index contributed by atoms with van der Waals surface area (Å²) in [6, 6.07) is 7.76. The Balaban J connectivity index is 2.19. The van der Waals surface area contributed by atoms with Gasteiger partial charge in [0.2, 0.25) is 0 Å². The van der Waals surface area contributed by atoms with Gasteiger partial charge in [0.1, 0.15) is 17.5 Å². The first-order valence-electron chi connectivity index (χ1n) is 6.71. The second kappa shape index (κ2) is 6.57. The summed E-state index contributed by atoms with van der Waals surface area (Å²) < 4.78 is 0. The second-order valence-electron chi connectivity index (χ2n) is 4.70. The molecule has 1 aromatic carbocycles. The van der Waals surface area contributed by atoms with Crippen LogP contribution in [0.15, 0.2) is 24.3 Å². The number of aryl methyl sites for hydroxylation is 2. The molecule has 20 heavy (non-hydrogen) atoms. The Kier molecular flexibility index (Phi) is 4.79. The average molecular weight is 291 g/mol.